The van der Waals surface area contributed by atoms with Crippen LogP contribution in [0.2, 0.25) is 0 Å². The molecule has 0 radical (unpaired) electrons. The molecule has 0 atom stereocenters. The Morgan fingerprint density at radius 1 is 1.38 bits per heavy atom. The van der Waals surface area contributed by atoms with Gasteiger partial charge in [0.1, 0.15) is 0 Å². The van der Waals surface area contributed by atoms with E-state index in [0.29, 0.717) is 6.42 Å². The van der Waals surface area contributed by atoms with Gasteiger partial charge in [0.25, 0.3) is 0 Å². The molecular weight excluding hydrogens is 264 g/mol. The number of aryl methyl sites for hydroxylation is 3. The van der Waals surface area contributed by atoms with Gasteiger partial charge in [-0.1, -0.05) is 11.6 Å². The monoisotopic (exact) mass is 282 g/mol. The fourth-order valence-corrected chi connectivity index (χ4v) is 2.58. The van der Waals surface area contributed by atoms with Gasteiger partial charge in [-0.3, -0.25) is 9.48 Å². The molecule has 2 heterocycles. The molecule has 2 aromatic heterocycles. The summed E-state index contributed by atoms with van der Waals surface area (Å²) in [6, 6.07) is 6.24. The highest BCUT2D eigenvalue weighted by Gasteiger charge is 2.13. The third-order valence-electron chi connectivity index (χ3n) is 3.60. The van der Waals surface area contributed by atoms with Gasteiger partial charge in [0.05, 0.1) is 18.3 Å². The van der Waals surface area contributed by atoms with Crippen molar-refractivity contribution in [2.24, 2.45) is 7.05 Å². The van der Waals surface area contributed by atoms with Crippen LogP contribution in [0.5, 0.6) is 0 Å². The molecule has 0 unspecified atom stereocenters. The van der Waals surface area contributed by atoms with Crippen molar-refractivity contribution < 1.29 is 4.79 Å². The molecule has 1 aromatic carbocycles. The molecule has 0 aliphatic rings. The van der Waals surface area contributed by atoms with Crippen LogP contribution in [0.25, 0.3) is 10.9 Å². The maximum Gasteiger partial charge on any atom is 0.228 e. The Labute approximate surface area is 123 Å². The summed E-state index contributed by atoms with van der Waals surface area (Å²) in [5, 5.41) is 8.03. The Morgan fingerprint density at radius 3 is 2.90 bits per heavy atom. The van der Waals surface area contributed by atoms with Crippen LogP contribution in [0.1, 0.15) is 16.8 Å². The highest BCUT2D eigenvalue weighted by Crippen LogP contribution is 2.24. The zero-order valence-electron chi connectivity index (χ0n) is 12.4. The molecule has 3 aromatic rings. The molecule has 108 valence electrons. The molecule has 0 aliphatic carbocycles. The van der Waals surface area contributed by atoms with E-state index < -0.39 is 0 Å². The molecular formula is C16H18N4O. The molecule has 0 saturated heterocycles. The lowest BCUT2D eigenvalue weighted by Gasteiger charge is -2.03. The fourth-order valence-electron chi connectivity index (χ4n) is 2.58. The molecule has 0 spiro atoms. The second-order valence-electron chi connectivity index (χ2n) is 5.41. The van der Waals surface area contributed by atoms with Crippen LogP contribution in [0.15, 0.2) is 30.6 Å². The van der Waals surface area contributed by atoms with Crippen molar-refractivity contribution in [2.45, 2.75) is 20.3 Å². The first-order valence-corrected chi connectivity index (χ1v) is 6.89. The highest BCUT2D eigenvalue weighted by molar-refractivity contribution is 5.96. The van der Waals surface area contributed by atoms with E-state index >= 15 is 0 Å². The third kappa shape index (κ3) is 2.67. The Hall–Kier alpha value is -2.56. The van der Waals surface area contributed by atoms with Gasteiger partial charge < -0.3 is 10.3 Å². The first kappa shape index (κ1) is 13.4. The summed E-state index contributed by atoms with van der Waals surface area (Å²) >= 11 is 0. The summed E-state index contributed by atoms with van der Waals surface area (Å²) in [5.41, 5.74) is 5.07. The average Bonchev–Trinajstić information content (AvgIpc) is 2.95. The van der Waals surface area contributed by atoms with Crippen molar-refractivity contribution in [3.05, 3.63) is 47.4 Å². The van der Waals surface area contributed by atoms with E-state index in [9.17, 15) is 4.79 Å². The van der Waals surface area contributed by atoms with E-state index in [1.165, 1.54) is 5.56 Å². The number of H-pyrrole nitrogens is 1. The van der Waals surface area contributed by atoms with Gasteiger partial charge in [0, 0.05) is 29.8 Å². The zero-order valence-corrected chi connectivity index (χ0v) is 12.4. The number of nitrogens with zero attached hydrogens (tertiary/aromatic N) is 2. The van der Waals surface area contributed by atoms with Gasteiger partial charge in [-0.25, -0.2) is 0 Å². The highest BCUT2D eigenvalue weighted by atomic mass is 16.1. The summed E-state index contributed by atoms with van der Waals surface area (Å²) in [7, 11) is 1.82. The predicted molar refractivity (Wildman–Crippen MR) is 83.3 cm³/mol. The van der Waals surface area contributed by atoms with Crippen LogP contribution in [-0.4, -0.2) is 20.7 Å². The molecule has 1 amide bonds. The quantitative estimate of drug-likeness (QED) is 0.776. The molecule has 5 nitrogen and oxygen atoms in total. The molecule has 0 aliphatic heterocycles. The van der Waals surface area contributed by atoms with Crippen molar-refractivity contribution in [3.63, 3.8) is 0 Å². The molecule has 2 N–H and O–H groups in total. The first-order chi connectivity index (χ1) is 10.0. The number of nitrogens with one attached hydrogen (secondary N) is 2. The van der Waals surface area contributed by atoms with Gasteiger partial charge in [-0.05, 0) is 31.5 Å². The van der Waals surface area contributed by atoms with E-state index in [-0.39, 0.29) is 5.91 Å². The molecule has 0 saturated carbocycles. The maximum absolute atomic E-state index is 12.2. The predicted octanol–water partition coefficient (Wildman–Crippen LogP) is 2.70. The van der Waals surface area contributed by atoms with Crippen LogP contribution < -0.4 is 5.32 Å². The second kappa shape index (κ2) is 5.09. The minimum Gasteiger partial charge on any atom is -0.358 e. The lowest BCUT2D eigenvalue weighted by atomic mass is 10.1. The van der Waals surface area contributed by atoms with Crippen molar-refractivity contribution in [3.8, 4) is 0 Å². The molecule has 0 bridgehead atoms. The largest absolute Gasteiger partial charge is 0.358 e. The Bertz CT molecular complexity index is 813. The second-order valence-corrected chi connectivity index (χ2v) is 5.41. The number of anilines is 1. The van der Waals surface area contributed by atoms with Crippen molar-refractivity contribution in [1.82, 2.24) is 14.8 Å². The van der Waals surface area contributed by atoms with Gasteiger partial charge in [-0.2, -0.15) is 5.10 Å². The molecule has 21 heavy (non-hydrogen) atoms. The SMILES string of the molecule is Cc1ccc2[nH]c(C)c(CC(=O)Nc3cnn(C)c3)c2c1. The van der Waals surface area contributed by atoms with Crippen LogP contribution >= 0.6 is 0 Å². The first-order valence-electron chi connectivity index (χ1n) is 6.89. The van der Waals surface area contributed by atoms with E-state index in [1.54, 1.807) is 17.1 Å². The number of hydrogen-bond acceptors (Lipinski definition) is 2. The number of benzene rings is 1. The van der Waals surface area contributed by atoms with Crippen LogP contribution in [-0.2, 0) is 18.3 Å². The molecule has 5 heteroatoms. The smallest absolute Gasteiger partial charge is 0.228 e. The number of amides is 1. The van der Waals surface area contributed by atoms with E-state index in [1.807, 2.05) is 14.0 Å². The van der Waals surface area contributed by atoms with Crippen molar-refractivity contribution in [2.75, 3.05) is 5.32 Å². The van der Waals surface area contributed by atoms with E-state index in [0.717, 1.165) is 27.8 Å². The van der Waals surface area contributed by atoms with Gasteiger partial charge in [0.2, 0.25) is 5.91 Å². The van der Waals surface area contributed by atoms with Crippen LogP contribution in [0.4, 0.5) is 5.69 Å². The summed E-state index contributed by atoms with van der Waals surface area (Å²) in [4.78, 5) is 15.5. The van der Waals surface area contributed by atoms with Gasteiger partial charge in [-0.15, -0.1) is 0 Å². The Balaban J connectivity index is 1.85. The van der Waals surface area contributed by atoms with Crippen molar-refractivity contribution in [1.29, 1.82) is 0 Å². The van der Waals surface area contributed by atoms with Crippen LogP contribution in [0.3, 0.4) is 0 Å². The van der Waals surface area contributed by atoms with Gasteiger partial charge in [0.15, 0.2) is 0 Å². The maximum atomic E-state index is 12.2. The number of carbonyl (C=O) groups is 1. The molecule has 3 rings (SSSR count). The topological polar surface area (TPSA) is 62.7 Å². The normalized spacial score (nSPS) is 11.0. The fraction of sp³-hybridized carbons (Fsp3) is 0.250. The lowest BCUT2D eigenvalue weighted by molar-refractivity contribution is -0.115. The van der Waals surface area contributed by atoms with Crippen molar-refractivity contribution >= 4 is 22.5 Å². The van der Waals surface area contributed by atoms with E-state index in [2.05, 4.69) is 40.5 Å². The average molecular weight is 282 g/mol. The number of aromatic nitrogens is 3. The summed E-state index contributed by atoms with van der Waals surface area (Å²) in [5.74, 6) is -0.0338. The van der Waals surface area contributed by atoms with E-state index in [4.69, 9.17) is 0 Å². The standard InChI is InChI=1S/C16H18N4O/c1-10-4-5-15-14(6-10)13(11(2)18-15)7-16(21)19-12-8-17-20(3)9-12/h4-6,8-9,18H,7H2,1-3H3,(H,19,21). The molecule has 0 fully saturated rings. The number of hydrogen-bond donors (Lipinski definition) is 2. The summed E-state index contributed by atoms with van der Waals surface area (Å²) in [6.07, 6.45) is 3.78. The zero-order chi connectivity index (χ0) is 15.0. The van der Waals surface area contributed by atoms with Crippen LogP contribution in [0, 0.1) is 13.8 Å². The third-order valence-corrected chi connectivity index (χ3v) is 3.60. The minimum absolute atomic E-state index is 0.0338. The summed E-state index contributed by atoms with van der Waals surface area (Å²) in [6.45, 7) is 4.06. The number of fused-ring (bicyclic) bond motifs is 1. The minimum atomic E-state index is -0.0338. The lowest BCUT2D eigenvalue weighted by Crippen LogP contribution is -2.14. The Morgan fingerprint density at radius 2 is 2.19 bits per heavy atom. The summed E-state index contributed by atoms with van der Waals surface area (Å²) < 4.78 is 1.66. The number of rotatable bonds is 3. The number of aromatic amines is 1. The number of carbonyl (C=O) groups excluding carboxylic acids is 1. The Kier molecular flexibility index (Phi) is 3.25. The van der Waals surface area contributed by atoms with Gasteiger partial charge >= 0.3 is 0 Å².